The molecule has 0 spiro atoms. The Labute approximate surface area is 112 Å². The van der Waals surface area contributed by atoms with E-state index in [4.69, 9.17) is 4.52 Å². The van der Waals surface area contributed by atoms with Crippen LogP contribution in [0.15, 0.2) is 34.9 Å². The highest BCUT2D eigenvalue weighted by atomic mass is 16.5. The van der Waals surface area contributed by atoms with Crippen LogP contribution in [0.3, 0.4) is 0 Å². The van der Waals surface area contributed by atoms with Gasteiger partial charge in [0.05, 0.1) is 11.3 Å². The van der Waals surface area contributed by atoms with Crippen molar-refractivity contribution in [2.24, 2.45) is 0 Å². The van der Waals surface area contributed by atoms with Crippen LogP contribution >= 0.6 is 0 Å². The van der Waals surface area contributed by atoms with Crippen LogP contribution in [0, 0.1) is 6.92 Å². The van der Waals surface area contributed by atoms with E-state index in [1.165, 1.54) is 0 Å². The molecule has 0 bridgehead atoms. The van der Waals surface area contributed by atoms with Crippen LogP contribution in [0.4, 0.5) is 11.6 Å². The lowest BCUT2D eigenvalue weighted by Crippen LogP contribution is -2.14. The number of anilines is 2. The Kier molecular flexibility index (Phi) is 4.18. The zero-order valence-electron chi connectivity index (χ0n) is 11.1. The van der Waals surface area contributed by atoms with Crippen LogP contribution in [0.5, 0.6) is 0 Å². The second-order valence-electron chi connectivity index (χ2n) is 4.26. The summed E-state index contributed by atoms with van der Waals surface area (Å²) in [6.45, 7) is 4.70. The number of hydrogen-bond donors (Lipinski definition) is 2. The molecule has 2 aromatic rings. The maximum atomic E-state index is 12.2. The molecular weight excluding hydrogens is 242 g/mol. The highest BCUT2D eigenvalue weighted by Gasteiger charge is 2.12. The number of benzene rings is 1. The van der Waals surface area contributed by atoms with Crippen LogP contribution in [-0.2, 0) is 0 Å². The molecule has 0 saturated heterocycles. The molecule has 0 unspecified atom stereocenters. The van der Waals surface area contributed by atoms with Crippen molar-refractivity contribution in [3.63, 3.8) is 0 Å². The lowest BCUT2D eigenvalue weighted by atomic mass is 10.1. The lowest BCUT2D eigenvalue weighted by Gasteiger charge is -2.10. The van der Waals surface area contributed by atoms with Gasteiger partial charge in [-0.15, -0.1) is 0 Å². The van der Waals surface area contributed by atoms with E-state index in [-0.39, 0.29) is 5.91 Å². The number of amides is 1. The summed E-state index contributed by atoms with van der Waals surface area (Å²) in [6, 6.07) is 9.07. The molecule has 1 heterocycles. The maximum absolute atomic E-state index is 12.2. The van der Waals surface area contributed by atoms with E-state index in [1.807, 2.05) is 18.2 Å². The summed E-state index contributed by atoms with van der Waals surface area (Å²) in [5, 5.41) is 9.65. The van der Waals surface area contributed by atoms with Crippen molar-refractivity contribution in [2.75, 3.05) is 17.2 Å². The molecule has 0 radical (unpaired) electrons. The minimum absolute atomic E-state index is 0.213. The number of carbonyl (C=O) groups is 1. The van der Waals surface area contributed by atoms with Crippen LogP contribution in [-0.4, -0.2) is 17.6 Å². The van der Waals surface area contributed by atoms with Crippen molar-refractivity contribution in [3.05, 3.63) is 41.6 Å². The highest BCUT2D eigenvalue weighted by molar-refractivity contribution is 6.07. The SMILES string of the molecule is CCCNc1ccccc1C(=O)Nc1cc(C)no1. The Morgan fingerprint density at radius 1 is 1.37 bits per heavy atom. The molecular formula is C14H17N3O2. The van der Waals surface area contributed by atoms with Crippen molar-refractivity contribution in [3.8, 4) is 0 Å². The van der Waals surface area contributed by atoms with E-state index in [0.717, 1.165) is 24.3 Å². The number of nitrogens with one attached hydrogen (secondary N) is 2. The van der Waals surface area contributed by atoms with Crippen LogP contribution < -0.4 is 10.6 Å². The number of para-hydroxylation sites is 1. The molecule has 2 N–H and O–H groups in total. The van der Waals surface area contributed by atoms with E-state index in [9.17, 15) is 4.79 Å². The van der Waals surface area contributed by atoms with Gasteiger partial charge in [-0.05, 0) is 25.5 Å². The first kappa shape index (κ1) is 13.1. The predicted molar refractivity (Wildman–Crippen MR) is 74.4 cm³/mol. The van der Waals surface area contributed by atoms with E-state index in [1.54, 1.807) is 19.1 Å². The molecule has 0 aliphatic carbocycles. The van der Waals surface area contributed by atoms with Gasteiger partial charge in [-0.1, -0.05) is 24.2 Å². The Morgan fingerprint density at radius 2 is 2.16 bits per heavy atom. The number of carbonyl (C=O) groups excluding carboxylic acids is 1. The average molecular weight is 259 g/mol. The lowest BCUT2D eigenvalue weighted by molar-refractivity contribution is 0.102. The third kappa shape index (κ3) is 3.34. The maximum Gasteiger partial charge on any atom is 0.260 e. The molecule has 0 aliphatic rings. The molecule has 1 aromatic heterocycles. The summed E-state index contributed by atoms with van der Waals surface area (Å²) in [6.07, 6.45) is 0.997. The molecule has 1 amide bonds. The van der Waals surface area contributed by atoms with Gasteiger partial charge in [-0.3, -0.25) is 10.1 Å². The molecule has 0 atom stereocenters. The third-order valence-electron chi connectivity index (χ3n) is 2.60. The van der Waals surface area contributed by atoms with Crippen molar-refractivity contribution in [1.82, 2.24) is 5.16 Å². The Hall–Kier alpha value is -2.30. The van der Waals surface area contributed by atoms with Crippen molar-refractivity contribution >= 4 is 17.5 Å². The summed E-state index contributed by atoms with van der Waals surface area (Å²) >= 11 is 0. The normalized spacial score (nSPS) is 10.2. The zero-order chi connectivity index (χ0) is 13.7. The fourth-order valence-corrected chi connectivity index (χ4v) is 1.70. The summed E-state index contributed by atoms with van der Waals surface area (Å²) in [5.74, 6) is 0.142. The number of rotatable bonds is 5. The van der Waals surface area contributed by atoms with Crippen LogP contribution in [0.1, 0.15) is 29.4 Å². The highest BCUT2D eigenvalue weighted by Crippen LogP contribution is 2.17. The molecule has 0 aliphatic heterocycles. The predicted octanol–water partition coefficient (Wildman–Crippen LogP) is 3.06. The van der Waals surface area contributed by atoms with Gasteiger partial charge in [-0.2, -0.15) is 0 Å². The zero-order valence-corrected chi connectivity index (χ0v) is 11.1. The molecule has 5 heteroatoms. The van der Waals surface area contributed by atoms with E-state index >= 15 is 0 Å². The average Bonchev–Trinajstić information content (AvgIpc) is 2.82. The van der Waals surface area contributed by atoms with Gasteiger partial charge in [0.15, 0.2) is 0 Å². The van der Waals surface area contributed by atoms with E-state index < -0.39 is 0 Å². The summed E-state index contributed by atoms with van der Waals surface area (Å²) in [5.41, 5.74) is 2.13. The minimum Gasteiger partial charge on any atom is -0.384 e. The van der Waals surface area contributed by atoms with E-state index in [2.05, 4.69) is 22.7 Å². The second-order valence-corrected chi connectivity index (χ2v) is 4.26. The summed E-state index contributed by atoms with van der Waals surface area (Å²) in [7, 11) is 0. The Morgan fingerprint density at radius 3 is 2.84 bits per heavy atom. The first-order chi connectivity index (χ1) is 9.20. The van der Waals surface area contributed by atoms with Gasteiger partial charge in [0, 0.05) is 18.3 Å². The summed E-state index contributed by atoms with van der Waals surface area (Å²) < 4.78 is 4.98. The Balaban J connectivity index is 2.14. The smallest absolute Gasteiger partial charge is 0.260 e. The quantitative estimate of drug-likeness (QED) is 0.866. The molecule has 0 fully saturated rings. The first-order valence-corrected chi connectivity index (χ1v) is 6.28. The number of nitrogens with zero attached hydrogens (tertiary/aromatic N) is 1. The number of aromatic nitrogens is 1. The standard InChI is InChI=1S/C14H17N3O2/c1-3-8-15-12-7-5-4-6-11(12)14(18)16-13-9-10(2)17-19-13/h4-7,9,15H,3,8H2,1-2H3,(H,16,18). The molecule has 1 aromatic carbocycles. The number of hydrogen-bond acceptors (Lipinski definition) is 4. The largest absolute Gasteiger partial charge is 0.384 e. The number of aryl methyl sites for hydroxylation is 1. The first-order valence-electron chi connectivity index (χ1n) is 6.28. The second kappa shape index (κ2) is 6.04. The van der Waals surface area contributed by atoms with Crippen LogP contribution in [0.2, 0.25) is 0 Å². The van der Waals surface area contributed by atoms with Gasteiger partial charge in [0.25, 0.3) is 5.91 Å². The monoisotopic (exact) mass is 259 g/mol. The van der Waals surface area contributed by atoms with Crippen molar-refractivity contribution < 1.29 is 9.32 Å². The summed E-state index contributed by atoms with van der Waals surface area (Å²) in [4.78, 5) is 12.2. The van der Waals surface area contributed by atoms with Crippen LogP contribution in [0.25, 0.3) is 0 Å². The molecule has 2 rings (SSSR count). The van der Waals surface area contributed by atoms with Gasteiger partial charge in [0.2, 0.25) is 5.88 Å². The topological polar surface area (TPSA) is 67.2 Å². The Bertz CT molecular complexity index is 563. The molecule has 0 saturated carbocycles. The molecule has 100 valence electrons. The van der Waals surface area contributed by atoms with Gasteiger partial charge in [0.1, 0.15) is 0 Å². The van der Waals surface area contributed by atoms with E-state index in [0.29, 0.717) is 11.4 Å². The fraction of sp³-hybridized carbons (Fsp3) is 0.286. The van der Waals surface area contributed by atoms with Crippen molar-refractivity contribution in [2.45, 2.75) is 20.3 Å². The van der Waals surface area contributed by atoms with Gasteiger partial charge < -0.3 is 9.84 Å². The van der Waals surface area contributed by atoms with Gasteiger partial charge in [-0.25, -0.2) is 0 Å². The van der Waals surface area contributed by atoms with Crippen molar-refractivity contribution in [1.29, 1.82) is 0 Å². The molecule has 19 heavy (non-hydrogen) atoms. The molecule has 5 nitrogen and oxygen atoms in total. The fourth-order valence-electron chi connectivity index (χ4n) is 1.70. The van der Waals surface area contributed by atoms with Gasteiger partial charge >= 0.3 is 0 Å². The minimum atomic E-state index is -0.213. The third-order valence-corrected chi connectivity index (χ3v) is 2.60.